The number of anilines is 2. The SMILES string of the molecule is Cc1c(O)ccc2cc(C(=O)NC(=O)Nc3cccc(C=CC(=O)Nc4cc(Cl)ccc4Cl)c3)ccc12. The van der Waals surface area contributed by atoms with Crippen LogP contribution in [0.2, 0.25) is 10.0 Å². The van der Waals surface area contributed by atoms with Gasteiger partial charge in [0.15, 0.2) is 0 Å². The number of phenolic OH excluding ortho intramolecular Hbond substituents is 1. The predicted molar refractivity (Wildman–Crippen MR) is 147 cm³/mol. The van der Waals surface area contributed by atoms with Crippen molar-refractivity contribution >= 4 is 69.3 Å². The zero-order valence-corrected chi connectivity index (χ0v) is 21.0. The number of fused-ring (bicyclic) bond motifs is 1. The molecule has 4 rings (SSSR count). The largest absolute Gasteiger partial charge is 0.508 e. The Morgan fingerprint density at radius 3 is 2.51 bits per heavy atom. The number of halogens is 2. The number of phenols is 1. The molecule has 9 heteroatoms. The standard InChI is InChI=1S/C28H21Cl2N3O4/c1-16-22-9-6-19(14-18(22)7-11-25(16)34)27(36)33-28(37)31-21-4-2-3-17(13-21)5-12-26(35)32-24-15-20(29)8-10-23(24)30/h2-15,34H,1H3,(H,32,35)(H2,31,33,36,37). The molecule has 0 fully saturated rings. The number of hydrogen-bond donors (Lipinski definition) is 4. The van der Waals surface area contributed by atoms with Crippen LogP contribution in [0.1, 0.15) is 21.5 Å². The molecule has 4 aromatic rings. The van der Waals surface area contributed by atoms with Gasteiger partial charge < -0.3 is 15.7 Å². The Bertz CT molecular complexity index is 1570. The first kappa shape index (κ1) is 25.8. The number of hydrogen-bond acceptors (Lipinski definition) is 4. The lowest BCUT2D eigenvalue weighted by molar-refractivity contribution is -0.111. The third kappa shape index (κ3) is 6.46. The van der Waals surface area contributed by atoms with Crippen molar-refractivity contribution in [1.82, 2.24) is 5.32 Å². The summed E-state index contributed by atoms with van der Waals surface area (Å²) in [6.45, 7) is 1.79. The summed E-state index contributed by atoms with van der Waals surface area (Å²) in [4.78, 5) is 37.3. The van der Waals surface area contributed by atoms with Crippen LogP contribution in [0.3, 0.4) is 0 Å². The van der Waals surface area contributed by atoms with E-state index in [1.165, 1.54) is 6.08 Å². The highest BCUT2D eigenvalue weighted by atomic mass is 35.5. The van der Waals surface area contributed by atoms with Crippen LogP contribution >= 0.6 is 23.2 Å². The lowest BCUT2D eigenvalue weighted by Crippen LogP contribution is -2.34. The van der Waals surface area contributed by atoms with E-state index in [-0.39, 0.29) is 5.75 Å². The number of amides is 4. The van der Waals surface area contributed by atoms with Crippen molar-refractivity contribution in [2.45, 2.75) is 6.92 Å². The van der Waals surface area contributed by atoms with Gasteiger partial charge in [-0.25, -0.2) is 4.79 Å². The molecule has 0 spiro atoms. The summed E-state index contributed by atoms with van der Waals surface area (Å²) in [7, 11) is 0. The molecule has 0 aromatic heterocycles. The van der Waals surface area contributed by atoms with Crippen LogP contribution in [0.15, 0.2) is 78.9 Å². The van der Waals surface area contributed by atoms with Gasteiger partial charge in [-0.15, -0.1) is 0 Å². The highest BCUT2D eigenvalue weighted by molar-refractivity contribution is 6.35. The van der Waals surface area contributed by atoms with Crippen molar-refractivity contribution in [3.8, 4) is 5.75 Å². The molecule has 186 valence electrons. The molecule has 0 heterocycles. The number of aryl methyl sites for hydroxylation is 1. The molecular weight excluding hydrogens is 513 g/mol. The number of carbonyl (C=O) groups excluding carboxylic acids is 3. The molecule has 37 heavy (non-hydrogen) atoms. The molecule has 0 aliphatic heterocycles. The maximum atomic E-state index is 12.6. The zero-order valence-electron chi connectivity index (χ0n) is 19.5. The Labute approximate surface area is 222 Å². The predicted octanol–water partition coefficient (Wildman–Crippen LogP) is 6.77. The fraction of sp³-hybridized carbons (Fsp3) is 0.0357. The minimum atomic E-state index is -0.707. The monoisotopic (exact) mass is 533 g/mol. The molecule has 0 unspecified atom stereocenters. The quantitative estimate of drug-likeness (QED) is 0.212. The smallest absolute Gasteiger partial charge is 0.326 e. The minimum Gasteiger partial charge on any atom is -0.508 e. The summed E-state index contributed by atoms with van der Waals surface area (Å²) in [5.41, 5.74) is 2.47. The molecular formula is C28H21Cl2N3O4. The number of carbonyl (C=O) groups is 3. The van der Waals surface area contributed by atoms with Crippen molar-refractivity contribution in [3.63, 3.8) is 0 Å². The summed E-state index contributed by atoms with van der Waals surface area (Å²) >= 11 is 12.0. The topological polar surface area (TPSA) is 108 Å². The van der Waals surface area contributed by atoms with Crippen molar-refractivity contribution in [3.05, 3.63) is 106 Å². The second-order valence-electron chi connectivity index (χ2n) is 8.13. The first-order valence-corrected chi connectivity index (χ1v) is 11.8. The Morgan fingerprint density at radius 1 is 0.892 bits per heavy atom. The first-order chi connectivity index (χ1) is 17.7. The molecule has 0 saturated heterocycles. The van der Waals surface area contributed by atoms with Gasteiger partial charge in [0.25, 0.3) is 5.91 Å². The Balaban J connectivity index is 1.37. The highest BCUT2D eigenvalue weighted by Crippen LogP contribution is 2.27. The number of imide groups is 1. The number of urea groups is 1. The summed E-state index contributed by atoms with van der Waals surface area (Å²) in [5.74, 6) is -0.809. The maximum absolute atomic E-state index is 12.6. The van der Waals surface area contributed by atoms with Gasteiger partial charge in [-0.1, -0.05) is 47.5 Å². The van der Waals surface area contributed by atoms with E-state index in [2.05, 4.69) is 16.0 Å². The molecule has 0 saturated carbocycles. The van der Waals surface area contributed by atoms with E-state index in [4.69, 9.17) is 23.2 Å². The van der Waals surface area contributed by atoms with Gasteiger partial charge in [-0.3, -0.25) is 14.9 Å². The van der Waals surface area contributed by atoms with Crippen molar-refractivity contribution in [1.29, 1.82) is 0 Å². The van der Waals surface area contributed by atoms with Crippen molar-refractivity contribution in [2.75, 3.05) is 10.6 Å². The van der Waals surface area contributed by atoms with E-state index < -0.39 is 17.8 Å². The van der Waals surface area contributed by atoms with E-state index >= 15 is 0 Å². The second-order valence-corrected chi connectivity index (χ2v) is 8.97. The number of nitrogens with one attached hydrogen (secondary N) is 3. The molecule has 0 radical (unpaired) electrons. The van der Waals surface area contributed by atoms with E-state index in [0.29, 0.717) is 38.1 Å². The summed E-state index contributed by atoms with van der Waals surface area (Å²) < 4.78 is 0. The van der Waals surface area contributed by atoms with Crippen LogP contribution < -0.4 is 16.0 Å². The van der Waals surface area contributed by atoms with Gasteiger partial charge in [0.05, 0.1) is 10.7 Å². The lowest BCUT2D eigenvalue weighted by Gasteiger charge is -2.09. The van der Waals surface area contributed by atoms with Gasteiger partial charge >= 0.3 is 6.03 Å². The molecule has 0 aliphatic carbocycles. The average molecular weight is 534 g/mol. The Kier molecular flexibility index (Phi) is 7.77. The fourth-order valence-corrected chi connectivity index (χ4v) is 3.95. The molecule has 0 atom stereocenters. The van der Waals surface area contributed by atoms with Gasteiger partial charge in [0.1, 0.15) is 5.75 Å². The van der Waals surface area contributed by atoms with E-state index in [0.717, 1.165) is 10.8 Å². The van der Waals surface area contributed by atoms with Crippen LogP contribution in [0.4, 0.5) is 16.2 Å². The highest BCUT2D eigenvalue weighted by Gasteiger charge is 2.12. The summed E-state index contributed by atoms with van der Waals surface area (Å²) in [5, 5.41) is 19.8. The number of benzene rings is 4. The van der Waals surface area contributed by atoms with Crippen LogP contribution in [-0.4, -0.2) is 23.0 Å². The fourth-order valence-electron chi connectivity index (χ4n) is 3.61. The summed E-state index contributed by atoms with van der Waals surface area (Å²) in [6.07, 6.45) is 2.89. The van der Waals surface area contributed by atoms with Gasteiger partial charge in [-0.05, 0) is 83.4 Å². The normalized spacial score (nSPS) is 10.9. The first-order valence-electron chi connectivity index (χ1n) is 11.1. The van der Waals surface area contributed by atoms with Crippen LogP contribution in [-0.2, 0) is 4.79 Å². The van der Waals surface area contributed by atoms with Gasteiger partial charge in [0, 0.05) is 22.3 Å². The van der Waals surface area contributed by atoms with Gasteiger partial charge in [0.2, 0.25) is 5.91 Å². The lowest BCUT2D eigenvalue weighted by atomic mass is 10.0. The molecule has 7 nitrogen and oxygen atoms in total. The van der Waals surface area contributed by atoms with Crippen LogP contribution in [0.5, 0.6) is 5.75 Å². The average Bonchev–Trinajstić information content (AvgIpc) is 2.87. The Hall–Kier alpha value is -4.33. The third-order valence-corrected chi connectivity index (χ3v) is 6.07. The molecule has 4 aromatic carbocycles. The molecule has 4 N–H and O–H groups in total. The second kappa shape index (κ2) is 11.2. The molecule has 4 amide bonds. The number of aromatic hydroxyl groups is 1. The number of rotatable bonds is 5. The summed E-state index contributed by atoms with van der Waals surface area (Å²) in [6, 6.07) is 19.0. The molecule has 0 aliphatic rings. The van der Waals surface area contributed by atoms with Crippen molar-refractivity contribution < 1.29 is 19.5 Å². The maximum Gasteiger partial charge on any atom is 0.326 e. The van der Waals surface area contributed by atoms with Crippen LogP contribution in [0.25, 0.3) is 16.8 Å². The van der Waals surface area contributed by atoms with E-state index in [9.17, 15) is 19.5 Å². The van der Waals surface area contributed by atoms with Gasteiger partial charge in [-0.2, -0.15) is 0 Å². The van der Waals surface area contributed by atoms with Crippen molar-refractivity contribution in [2.24, 2.45) is 0 Å². The van der Waals surface area contributed by atoms with E-state index in [1.807, 2.05) is 0 Å². The Morgan fingerprint density at radius 2 is 1.70 bits per heavy atom. The third-order valence-electron chi connectivity index (χ3n) is 5.51. The zero-order chi connectivity index (χ0) is 26.5. The van der Waals surface area contributed by atoms with Crippen LogP contribution in [0, 0.1) is 6.92 Å². The van der Waals surface area contributed by atoms with E-state index in [1.54, 1.807) is 85.8 Å². The molecule has 0 bridgehead atoms. The minimum absolute atomic E-state index is 0.173.